The minimum absolute atomic E-state index is 0.211. The number of aryl methyl sites for hydroxylation is 1. The molecule has 1 aromatic heterocycles. The summed E-state index contributed by atoms with van der Waals surface area (Å²) in [6.45, 7) is 2.66. The standard InChI is InChI=1S/C16H20N2O/c1-11-7-13(5-6-17-11)10-18(2)16(19)15-9-12-3-4-14(15)8-12/h3-7,12,14-15H,8-10H2,1-2H3/t12-,14+,15+/m1/s1. The number of aromatic nitrogens is 1. The minimum atomic E-state index is 0.211. The zero-order valence-electron chi connectivity index (χ0n) is 11.5. The van der Waals surface area contributed by atoms with Gasteiger partial charge in [-0.2, -0.15) is 0 Å². The Morgan fingerprint density at radius 2 is 2.26 bits per heavy atom. The molecule has 100 valence electrons. The molecule has 19 heavy (non-hydrogen) atoms. The highest BCUT2D eigenvalue weighted by atomic mass is 16.2. The number of rotatable bonds is 3. The molecule has 2 aliphatic rings. The van der Waals surface area contributed by atoms with Crippen molar-refractivity contribution in [1.82, 2.24) is 9.88 Å². The van der Waals surface area contributed by atoms with Crippen molar-refractivity contribution in [3.05, 3.63) is 41.7 Å². The average Bonchev–Trinajstić information content (AvgIpc) is 3.00. The van der Waals surface area contributed by atoms with E-state index in [1.165, 1.54) is 6.42 Å². The van der Waals surface area contributed by atoms with E-state index in [1.807, 2.05) is 37.2 Å². The van der Waals surface area contributed by atoms with Gasteiger partial charge in [-0.05, 0) is 49.3 Å². The monoisotopic (exact) mass is 256 g/mol. The smallest absolute Gasteiger partial charge is 0.226 e. The van der Waals surface area contributed by atoms with Crippen LogP contribution in [0, 0.1) is 24.7 Å². The molecule has 2 bridgehead atoms. The van der Waals surface area contributed by atoms with Crippen LogP contribution in [0.2, 0.25) is 0 Å². The van der Waals surface area contributed by atoms with E-state index in [2.05, 4.69) is 17.1 Å². The van der Waals surface area contributed by atoms with E-state index in [1.54, 1.807) is 0 Å². The summed E-state index contributed by atoms with van der Waals surface area (Å²) in [7, 11) is 1.91. The molecule has 0 aliphatic heterocycles. The normalized spacial score (nSPS) is 27.8. The molecule has 3 heteroatoms. The van der Waals surface area contributed by atoms with E-state index >= 15 is 0 Å². The van der Waals surface area contributed by atoms with Crippen molar-refractivity contribution in [2.45, 2.75) is 26.3 Å². The second kappa shape index (κ2) is 4.80. The molecule has 1 amide bonds. The SMILES string of the molecule is Cc1cc(CN(C)C(=O)[C@H]2C[C@@H]3C=C[C@H]2C3)ccn1. The molecule has 1 heterocycles. The highest BCUT2D eigenvalue weighted by molar-refractivity contribution is 5.79. The van der Waals surface area contributed by atoms with Crippen molar-refractivity contribution in [2.75, 3.05) is 7.05 Å². The van der Waals surface area contributed by atoms with Gasteiger partial charge in [-0.15, -0.1) is 0 Å². The third-order valence-electron chi connectivity index (χ3n) is 4.35. The van der Waals surface area contributed by atoms with Crippen LogP contribution in [0.5, 0.6) is 0 Å². The molecule has 1 saturated carbocycles. The maximum atomic E-state index is 12.5. The zero-order chi connectivity index (χ0) is 13.4. The molecule has 0 spiro atoms. The van der Waals surface area contributed by atoms with Crippen LogP contribution in [0.4, 0.5) is 0 Å². The topological polar surface area (TPSA) is 33.2 Å². The zero-order valence-corrected chi connectivity index (χ0v) is 11.5. The highest BCUT2D eigenvalue weighted by Crippen LogP contribution is 2.44. The van der Waals surface area contributed by atoms with Crippen LogP contribution in [0.25, 0.3) is 0 Å². The Hall–Kier alpha value is -1.64. The predicted molar refractivity (Wildman–Crippen MR) is 74.3 cm³/mol. The summed E-state index contributed by atoms with van der Waals surface area (Å²) in [5.41, 5.74) is 2.16. The number of fused-ring (bicyclic) bond motifs is 2. The Bertz CT molecular complexity index is 523. The largest absolute Gasteiger partial charge is 0.341 e. The third-order valence-corrected chi connectivity index (χ3v) is 4.35. The van der Waals surface area contributed by atoms with Gasteiger partial charge in [-0.1, -0.05) is 12.2 Å². The summed E-state index contributed by atoms with van der Waals surface area (Å²) in [6.07, 6.45) is 8.55. The van der Waals surface area contributed by atoms with Gasteiger partial charge in [0.2, 0.25) is 5.91 Å². The molecule has 1 aromatic rings. The molecule has 1 fully saturated rings. The number of carbonyl (C=O) groups excluding carboxylic acids is 1. The van der Waals surface area contributed by atoms with Crippen molar-refractivity contribution in [2.24, 2.45) is 17.8 Å². The van der Waals surface area contributed by atoms with Gasteiger partial charge in [0.15, 0.2) is 0 Å². The number of hydrogen-bond acceptors (Lipinski definition) is 2. The van der Waals surface area contributed by atoms with Gasteiger partial charge in [-0.25, -0.2) is 0 Å². The van der Waals surface area contributed by atoms with Gasteiger partial charge in [0.1, 0.15) is 0 Å². The van der Waals surface area contributed by atoms with Crippen LogP contribution in [0.15, 0.2) is 30.5 Å². The summed E-state index contributed by atoms with van der Waals surface area (Å²) in [4.78, 5) is 18.6. The number of allylic oxidation sites excluding steroid dienone is 2. The van der Waals surface area contributed by atoms with Gasteiger partial charge in [0.25, 0.3) is 0 Å². The molecule has 0 radical (unpaired) electrons. The summed E-state index contributed by atoms with van der Waals surface area (Å²) in [6, 6.07) is 4.03. The molecule has 0 unspecified atom stereocenters. The number of pyridine rings is 1. The lowest BCUT2D eigenvalue weighted by molar-refractivity contribution is -0.135. The van der Waals surface area contributed by atoms with Crippen LogP contribution in [-0.4, -0.2) is 22.8 Å². The van der Waals surface area contributed by atoms with Gasteiger partial charge in [-0.3, -0.25) is 9.78 Å². The first-order valence-corrected chi connectivity index (χ1v) is 6.98. The summed E-state index contributed by atoms with van der Waals surface area (Å²) < 4.78 is 0. The molecule has 0 aromatic carbocycles. The fourth-order valence-electron chi connectivity index (χ4n) is 3.40. The molecule has 0 N–H and O–H groups in total. The quantitative estimate of drug-likeness (QED) is 0.779. The Morgan fingerprint density at radius 3 is 2.89 bits per heavy atom. The Balaban J connectivity index is 1.66. The second-order valence-electron chi connectivity index (χ2n) is 5.89. The molecule has 3 nitrogen and oxygen atoms in total. The first kappa shape index (κ1) is 12.4. The Morgan fingerprint density at radius 1 is 1.42 bits per heavy atom. The first-order chi connectivity index (χ1) is 9.13. The Kier molecular flexibility index (Phi) is 3.13. The predicted octanol–water partition coefficient (Wildman–Crippen LogP) is 2.56. The van der Waals surface area contributed by atoms with Gasteiger partial charge in [0, 0.05) is 31.4 Å². The lowest BCUT2D eigenvalue weighted by Crippen LogP contribution is -2.34. The first-order valence-electron chi connectivity index (χ1n) is 6.98. The maximum absolute atomic E-state index is 12.5. The minimum Gasteiger partial charge on any atom is -0.341 e. The van der Waals surface area contributed by atoms with E-state index in [0.717, 1.165) is 17.7 Å². The van der Waals surface area contributed by atoms with Crippen LogP contribution in [0.1, 0.15) is 24.1 Å². The fraction of sp³-hybridized carbons (Fsp3) is 0.500. The molecule has 2 aliphatic carbocycles. The fourth-order valence-corrected chi connectivity index (χ4v) is 3.40. The van der Waals surface area contributed by atoms with Crippen LogP contribution in [0.3, 0.4) is 0 Å². The third kappa shape index (κ3) is 2.42. The summed E-state index contributed by atoms with van der Waals surface area (Å²) in [5, 5.41) is 0. The molecular weight excluding hydrogens is 236 g/mol. The molecule has 0 saturated heterocycles. The number of nitrogens with zero attached hydrogens (tertiary/aromatic N) is 2. The molecule has 3 atom stereocenters. The van der Waals surface area contributed by atoms with Gasteiger partial charge < -0.3 is 4.90 Å². The van der Waals surface area contributed by atoms with Gasteiger partial charge in [0.05, 0.1) is 0 Å². The van der Waals surface area contributed by atoms with E-state index in [0.29, 0.717) is 24.3 Å². The van der Waals surface area contributed by atoms with Crippen molar-refractivity contribution < 1.29 is 4.79 Å². The number of amides is 1. The molecular formula is C16H20N2O. The van der Waals surface area contributed by atoms with E-state index in [4.69, 9.17) is 0 Å². The summed E-state index contributed by atoms with van der Waals surface area (Å²) >= 11 is 0. The lowest BCUT2D eigenvalue weighted by atomic mass is 9.92. The van der Waals surface area contributed by atoms with Crippen LogP contribution >= 0.6 is 0 Å². The van der Waals surface area contributed by atoms with E-state index in [9.17, 15) is 4.79 Å². The molecule has 3 rings (SSSR count). The van der Waals surface area contributed by atoms with Crippen molar-refractivity contribution in [3.63, 3.8) is 0 Å². The van der Waals surface area contributed by atoms with E-state index < -0.39 is 0 Å². The van der Waals surface area contributed by atoms with Crippen molar-refractivity contribution >= 4 is 5.91 Å². The average molecular weight is 256 g/mol. The second-order valence-corrected chi connectivity index (χ2v) is 5.89. The summed E-state index contributed by atoms with van der Waals surface area (Å²) in [5.74, 6) is 1.64. The lowest BCUT2D eigenvalue weighted by Gasteiger charge is -2.24. The van der Waals surface area contributed by atoms with Crippen LogP contribution in [-0.2, 0) is 11.3 Å². The highest BCUT2D eigenvalue weighted by Gasteiger charge is 2.40. The van der Waals surface area contributed by atoms with Crippen LogP contribution < -0.4 is 0 Å². The van der Waals surface area contributed by atoms with Gasteiger partial charge >= 0.3 is 0 Å². The Labute approximate surface area is 114 Å². The van der Waals surface area contributed by atoms with Crippen molar-refractivity contribution in [3.8, 4) is 0 Å². The number of hydrogen-bond donors (Lipinski definition) is 0. The van der Waals surface area contributed by atoms with E-state index in [-0.39, 0.29) is 5.92 Å². The van der Waals surface area contributed by atoms with Crippen molar-refractivity contribution in [1.29, 1.82) is 0 Å². The maximum Gasteiger partial charge on any atom is 0.226 e. The number of carbonyl (C=O) groups is 1.